The van der Waals surface area contributed by atoms with Gasteiger partial charge in [-0.05, 0) is 18.2 Å². The molecule has 0 amide bonds. The minimum atomic E-state index is -0.821. The lowest BCUT2D eigenvalue weighted by Crippen LogP contribution is -2.56. The Morgan fingerprint density at radius 1 is 1.55 bits per heavy atom. The molecule has 2 aliphatic heterocycles. The molecule has 6 heteroatoms. The first-order chi connectivity index (χ1) is 9.63. The number of nitrogens with zero attached hydrogens (tertiary/aromatic N) is 1. The van der Waals surface area contributed by atoms with Crippen molar-refractivity contribution in [2.24, 2.45) is 0 Å². The van der Waals surface area contributed by atoms with Crippen LogP contribution in [0.15, 0.2) is 18.2 Å². The summed E-state index contributed by atoms with van der Waals surface area (Å²) in [5, 5.41) is 12.3. The summed E-state index contributed by atoms with van der Waals surface area (Å²) >= 11 is 0. The number of ether oxygens (including phenoxy) is 1. The van der Waals surface area contributed by atoms with Gasteiger partial charge in [0, 0.05) is 38.2 Å². The maximum Gasteiger partial charge on any atom is 0.322 e. The highest BCUT2D eigenvalue weighted by Crippen LogP contribution is 2.29. The minimum Gasteiger partial charge on any atom is -0.488 e. The van der Waals surface area contributed by atoms with Crippen molar-refractivity contribution in [1.82, 2.24) is 10.2 Å². The lowest BCUT2D eigenvalue weighted by molar-refractivity contribution is -0.144. The first kappa shape index (κ1) is 13.3. The second-order valence-electron chi connectivity index (χ2n) is 5.25. The molecule has 20 heavy (non-hydrogen) atoms. The summed E-state index contributed by atoms with van der Waals surface area (Å²) in [6.07, 6.45) is 0.523. The predicted molar refractivity (Wildman–Crippen MR) is 70.4 cm³/mol. The van der Waals surface area contributed by atoms with Crippen molar-refractivity contribution >= 4 is 5.97 Å². The summed E-state index contributed by atoms with van der Waals surface area (Å²) in [5.74, 6) is -0.379. The topological polar surface area (TPSA) is 61.8 Å². The average molecular weight is 280 g/mol. The lowest BCUT2D eigenvalue weighted by atomic mass is 10.1. The third kappa shape index (κ3) is 2.62. The molecule has 0 aromatic heterocycles. The van der Waals surface area contributed by atoms with Crippen LogP contribution < -0.4 is 10.1 Å². The molecule has 1 aromatic carbocycles. The van der Waals surface area contributed by atoms with Gasteiger partial charge in [0.25, 0.3) is 0 Å². The lowest BCUT2D eigenvalue weighted by Gasteiger charge is -2.34. The van der Waals surface area contributed by atoms with Gasteiger partial charge in [-0.15, -0.1) is 0 Å². The fourth-order valence-corrected chi connectivity index (χ4v) is 2.86. The van der Waals surface area contributed by atoms with Crippen molar-refractivity contribution in [2.45, 2.75) is 18.6 Å². The van der Waals surface area contributed by atoms with Gasteiger partial charge in [0.1, 0.15) is 23.7 Å². The fourth-order valence-electron chi connectivity index (χ4n) is 2.86. The van der Waals surface area contributed by atoms with E-state index in [1.165, 1.54) is 12.1 Å². The van der Waals surface area contributed by atoms with E-state index < -0.39 is 12.0 Å². The van der Waals surface area contributed by atoms with Gasteiger partial charge in [0.05, 0.1) is 0 Å². The van der Waals surface area contributed by atoms with Crippen LogP contribution in [0.2, 0.25) is 0 Å². The summed E-state index contributed by atoms with van der Waals surface area (Å²) in [4.78, 5) is 13.2. The van der Waals surface area contributed by atoms with Crippen LogP contribution in [0.5, 0.6) is 5.75 Å². The number of carboxylic acids is 1. The summed E-state index contributed by atoms with van der Waals surface area (Å²) in [6, 6.07) is 3.98. The molecule has 1 aromatic rings. The first-order valence-electron chi connectivity index (χ1n) is 6.76. The van der Waals surface area contributed by atoms with E-state index in [9.17, 15) is 14.3 Å². The van der Waals surface area contributed by atoms with Crippen molar-refractivity contribution in [3.05, 3.63) is 29.6 Å². The number of fused-ring (bicyclic) bond motifs is 1. The van der Waals surface area contributed by atoms with Crippen LogP contribution >= 0.6 is 0 Å². The van der Waals surface area contributed by atoms with Crippen LogP contribution in [0.1, 0.15) is 5.56 Å². The standard InChI is InChI=1S/C14H17FN2O3/c15-10-1-2-13-9(5-10)6-11(20-13)8-17-4-3-16-7-12(17)14(18)19/h1-2,5,11-12,16H,3-4,6-8H2,(H,18,19). The van der Waals surface area contributed by atoms with E-state index in [0.29, 0.717) is 31.8 Å². The highest BCUT2D eigenvalue weighted by molar-refractivity contribution is 5.74. The molecule has 0 saturated carbocycles. The molecule has 5 nitrogen and oxygen atoms in total. The van der Waals surface area contributed by atoms with Gasteiger partial charge < -0.3 is 15.2 Å². The summed E-state index contributed by atoms with van der Waals surface area (Å²) in [6.45, 7) is 2.46. The third-order valence-electron chi connectivity index (χ3n) is 3.84. The maximum absolute atomic E-state index is 13.2. The van der Waals surface area contributed by atoms with Gasteiger partial charge >= 0.3 is 5.97 Å². The van der Waals surface area contributed by atoms with Crippen molar-refractivity contribution < 1.29 is 19.0 Å². The second-order valence-corrected chi connectivity index (χ2v) is 5.25. The van der Waals surface area contributed by atoms with Crippen molar-refractivity contribution in [2.75, 3.05) is 26.2 Å². The Morgan fingerprint density at radius 2 is 2.40 bits per heavy atom. The zero-order valence-corrected chi connectivity index (χ0v) is 11.0. The van der Waals surface area contributed by atoms with Crippen LogP contribution in [0.4, 0.5) is 4.39 Å². The number of hydrogen-bond donors (Lipinski definition) is 2. The van der Waals surface area contributed by atoms with Crippen LogP contribution in [0.3, 0.4) is 0 Å². The number of hydrogen-bond acceptors (Lipinski definition) is 4. The number of benzene rings is 1. The van der Waals surface area contributed by atoms with Gasteiger partial charge in [-0.25, -0.2) is 4.39 Å². The molecule has 2 aliphatic rings. The van der Waals surface area contributed by atoms with E-state index in [0.717, 1.165) is 12.1 Å². The Bertz CT molecular complexity index is 523. The van der Waals surface area contributed by atoms with Crippen LogP contribution in [0.25, 0.3) is 0 Å². The van der Waals surface area contributed by atoms with Crippen LogP contribution in [-0.4, -0.2) is 54.3 Å². The largest absolute Gasteiger partial charge is 0.488 e. The van der Waals surface area contributed by atoms with E-state index in [2.05, 4.69) is 5.32 Å². The van der Waals surface area contributed by atoms with E-state index in [-0.39, 0.29) is 11.9 Å². The molecule has 0 aliphatic carbocycles. The van der Waals surface area contributed by atoms with Gasteiger partial charge in [-0.1, -0.05) is 0 Å². The molecule has 0 spiro atoms. The van der Waals surface area contributed by atoms with E-state index >= 15 is 0 Å². The smallest absolute Gasteiger partial charge is 0.322 e. The summed E-state index contributed by atoms with van der Waals surface area (Å²) < 4.78 is 18.9. The molecular formula is C14H17FN2O3. The highest BCUT2D eigenvalue weighted by Gasteiger charge is 2.32. The number of rotatable bonds is 3. The van der Waals surface area contributed by atoms with Gasteiger partial charge in [-0.2, -0.15) is 0 Å². The molecule has 2 atom stereocenters. The molecule has 2 heterocycles. The van der Waals surface area contributed by atoms with E-state index in [1.807, 2.05) is 4.90 Å². The summed E-state index contributed by atoms with van der Waals surface area (Å²) in [5.41, 5.74) is 0.858. The second kappa shape index (κ2) is 5.38. The maximum atomic E-state index is 13.2. The Hall–Kier alpha value is -1.66. The molecular weight excluding hydrogens is 263 g/mol. The molecule has 108 valence electrons. The third-order valence-corrected chi connectivity index (χ3v) is 3.84. The SMILES string of the molecule is O=C(O)C1CNCCN1CC1Cc2cc(F)ccc2O1. The summed E-state index contributed by atoms with van der Waals surface area (Å²) in [7, 11) is 0. The van der Waals surface area contributed by atoms with Crippen molar-refractivity contribution in [3.63, 3.8) is 0 Å². The zero-order valence-electron chi connectivity index (χ0n) is 11.0. The average Bonchev–Trinajstić information content (AvgIpc) is 2.80. The Balaban J connectivity index is 1.66. The number of nitrogens with one attached hydrogen (secondary N) is 1. The van der Waals surface area contributed by atoms with Gasteiger partial charge in [-0.3, -0.25) is 9.69 Å². The van der Waals surface area contributed by atoms with Gasteiger partial charge in [0.2, 0.25) is 0 Å². The van der Waals surface area contributed by atoms with Crippen molar-refractivity contribution in [1.29, 1.82) is 0 Å². The van der Waals surface area contributed by atoms with E-state index in [4.69, 9.17) is 4.74 Å². The normalized spacial score (nSPS) is 26.1. The number of piperazine rings is 1. The van der Waals surface area contributed by atoms with Crippen LogP contribution in [-0.2, 0) is 11.2 Å². The quantitative estimate of drug-likeness (QED) is 0.843. The monoisotopic (exact) mass is 280 g/mol. The Kier molecular flexibility index (Phi) is 3.58. The van der Waals surface area contributed by atoms with Crippen molar-refractivity contribution in [3.8, 4) is 5.75 Å². The Labute approximate surface area is 116 Å². The molecule has 0 bridgehead atoms. The molecule has 3 rings (SSSR count). The Morgan fingerprint density at radius 3 is 3.20 bits per heavy atom. The molecule has 1 saturated heterocycles. The fraction of sp³-hybridized carbons (Fsp3) is 0.500. The van der Waals surface area contributed by atoms with Gasteiger partial charge in [0.15, 0.2) is 0 Å². The number of carboxylic acid groups (broad SMARTS) is 1. The number of halogens is 1. The molecule has 0 radical (unpaired) electrons. The zero-order chi connectivity index (χ0) is 14.1. The number of carbonyl (C=O) groups is 1. The van der Waals surface area contributed by atoms with E-state index in [1.54, 1.807) is 6.07 Å². The molecule has 2 unspecified atom stereocenters. The molecule has 2 N–H and O–H groups in total. The minimum absolute atomic E-state index is 0.105. The highest BCUT2D eigenvalue weighted by atomic mass is 19.1. The van der Waals surface area contributed by atoms with Crippen LogP contribution in [0, 0.1) is 5.82 Å². The molecule has 1 fully saturated rings. The number of aliphatic carboxylic acids is 1. The predicted octanol–water partition coefficient (Wildman–Crippen LogP) is 0.488. The first-order valence-corrected chi connectivity index (χ1v) is 6.76.